The van der Waals surface area contributed by atoms with Crippen LogP contribution in [0.15, 0.2) is 23.1 Å². The Morgan fingerprint density at radius 1 is 1.27 bits per heavy atom. The largest absolute Gasteiger partial charge is 0.444 e. The zero-order valence-electron chi connectivity index (χ0n) is 17.7. The van der Waals surface area contributed by atoms with Crippen LogP contribution in [0.2, 0.25) is 5.02 Å². The monoisotopic (exact) mass is 460 g/mol. The number of nitrogens with one attached hydrogen (secondary N) is 3. The van der Waals surface area contributed by atoms with E-state index >= 15 is 0 Å². The fourth-order valence-electron chi connectivity index (χ4n) is 3.15. The molecule has 0 aromatic heterocycles. The number of carbonyl (C=O) groups is 2. The van der Waals surface area contributed by atoms with Crippen molar-refractivity contribution in [2.75, 3.05) is 11.9 Å². The highest BCUT2D eigenvalue weighted by molar-refractivity contribution is 7.89. The number of hydrogen-bond donors (Lipinski definition) is 4. The van der Waals surface area contributed by atoms with E-state index in [2.05, 4.69) is 16.0 Å². The van der Waals surface area contributed by atoms with Gasteiger partial charge in [-0.05, 0) is 45.4 Å². The highest BCUT2D eigenvalue weighted by Gasteiger charge is 2.49. The van der Waals surface area contributed by atoms with Crippen LogP contribution in [-0.2, 0) is 19.6 Å². The summed E-state index contributed by atoms with van der Waals surface area (Å²) in [5, 5.41) is 13.9. The van der Waals surface area contributed by atoms with Crippen molar-refractivity contribution in [2.24, 2.45) is 10.6 Å². The van der Waals surface area contributed by atoms with E-state index in [1.807, 2.05) is 13.8 Å². The summed E-state index contributed by atoms with van der Waals surface area (Å²) in [4.78, 5) is 24.1. The van der Waals surface area contributed by atoms with Crippen molar-refractivity contribution in [3.63, 3.8) is 0 Å². The summed E-state index contributed by atoms with van der Waals surface area (Å²) in [7, 11) is -3.91. The average Bonchev–Trinajstić information content (AvgIpc) is 2.56. The van der Waals surface area contributed by atoms with Gasteiger partial charge in [-0.15, -0.1) is 0 Å². The van der Waals surface area contributed by atoms with Gasteiger partial charge in [-0.25, -0.2) is 18.4 Å². The van der Waals surface area contributed by atoms with Gasteiger partial charge >= 0.3 is 6.09 Å². The predicted molar refractivity (Wildman–Crippen MR) is 115 cm³/mol. The lowest BCUT2D eigenvalue weighted by atomic mass is 9.63. The molecule has 1 aromatic rings. The molecule has 2 rings (SSSR count). The smallest absolute Gasteiger partial charge is 0.407 e. The van der Waals surface area contributed by atoms with E-state index in [0.29, 0.717) is 6.42 Å². The van der Waals surface area contributed by atoms with Gasteiger partial charge in [-0.1, -0.05) is 25.4 Å². The summed E-state index contributed by atoms with van der Waals surface area (Å²) >= 11 is 6.03. The standard InChI is InChI=1S/C19H29ClN4O5S/c1-18(2,3)29-17(26)24-15-9-14(19(15,4)5)22-10-16(25)23-13-8-11(30(21,27)28)6-7-12(13)20/h6-8,14-15,22H,9-10H2,1-5H3,(H,23,25)(H,24,26)(H2,21,27,28). The number of rotatable bonds is 6. The molecule has 5 N–H and O–H groups in total. The molecule has 0 aliphatic heterocycles. The maximum absolute atomic E-state index is 12.3. The van der Waals surface area contributed by atoms with E-state index in [9.17, 15) is 18.0 Å². The predicted octanol–water partition coefficient (Wildman–Crippen LogP) is 2.21. The molecular formula is C19H29ClN4O5S. The van der Waals surface area contributed by atoms with Gasteiger partial charge in [-0.3, -0.25) is 4.79 Å². The van der Waals surface area contributed by atoms with Gasteiger partial charge in [0.25, 0.3) is 0 Å². The van der Waals surface area contributed by atoms with Crippen molar-refractivity contribution in [3.05, 3.63) is 23.2 Å². The molecule has 0 bridgehead atoms. The third kappa shape index (κ3) is 6.31. The van der Waals surface area contributed by atoms with E-state index in [1.54, 1.807) is 20.8 Å². The average molecular weight is 461 g/mol. The molecule has 1 aromatic carbocycles. The van der Waals surface area contributed by atoms with Crippen LogP contribution >= 0.6 is 11.6 Å². The van der Waals surface area contributed by atoms with Crippen LogP contribution < -0.4 is 21.1 Å². The fraction of sp³-hybridized carbons (Fsp3) is 0.579. The molecule has 0 spiro atoms. The van der Waals surface area contributed by atoms with Gasteiger partial charge in [0.05, 0.1) is 22.2 Å². The third-order valence-corrected chi connectivity index (χ3v) is 6.25. The van der Waals surface area contributed by atoms with Gasteiger partial charge in [0.2, 0.25) is 15.9 Å². The molecule has 30 heavy (non-hydrogen) atoms. The quantitative estimate of drug-likeness (QED) is 0.513. The summed E-state index contributed by atoms with van der Waals surface area (Å²) in [5.74, 6) is -0.386. The van der Waals surface area contributed by atoms with E-state index in [0.717, 1.165) is 0 Å². The number of carbonyl (C=O) groups excluding carboxylic acids is 2. The van der Waals surface area contributed by atoms with Crippen LogP contribution in [0.1, 0.15) is 41.0 Å². The SMILES string of the molecule is CC(C)(C)OC(=O)NC1CC(NCC(=O)Nc2cc(S(N)(=O)=O)ccc2Cl)C1(C)C. The first-order valence-electron chi connectivity index (χ1n) is 9.44. The highest BCUT2D eigenvalue weighted by Crippen LogP contribution is 2.40. The van der Waals surface area contributed by atoms with Gasteiger partial charge in [0.1, 0.15) is 5.60 Å². The molecule has 11 heteroatoms. The van der Waals surface area contributed by atoms with Crippen LogP contribution in [0, 0.1) is 5.41 Å². The molecule has 1 aliphatic rings. The number of anilines is 1. The summed E-state index contributed by atoms with van der Waals surface area (Å²) in [6.07, 6.45) is 0.169. The van der Waals surface area contributed by atoms with Crippen LogP contribution in [-0.4, -0.2) is 44.6 Å². The van der Waals surface area contributed by atoms with E-state index < -0.39 is 21.7 Å². The van der Waals surface area contributed by atoms with Gasteiger partial charge < -0.3 is 20.7 Å². The highest BCUT2D eigenvalue weighted by atomic mass is 35.5. The fourth-order valence-corrected chi connectivity index (χ4v) is 3.86. The lowest BCUT2D eigenvalue weighted by molar-refractivity contribution is -0.116. The Labute approximate surface area is 182 Å². The molecule has 1 fully saturated rings. The maximum Gasteiger partial charge on any atom is 0.407 e. The number of sulfonamides is 1. The molecule has 1 aliphatic carbocycles. The van der Waals surface area contributed by atoms with Crippen LogP contribution in [0.5, 0.6) is 0 Å². The molecule has 9 nitrogen and oxygen atoms in total. The second-order valence-electron chi connectivity index (χ2n) is 8.92. The van der Waals surface area contributed by atoms with E-state index in [4.69, 9.17) is 21.5 Å². The molecular weight excluding hydrogens is 432 g/mol. The Morgan fingerprint density at radius 2 is 1.90 bits per heavy atom. The minimum atomic E-state index is -3.91. The maximum atomic E-state index is 12.3. The van der Waals surface area contributed by atoms with Crippen molar-refractivity contribution in [3.8, 4) is 0 Å². The Kier molecular flexibility index (Phi) is 7.07. The van der Waals surface area contributed by atoms with Crippen molar-refractivity contribution in [1.29, 1.82) is 0 Å². The molecule has 0 radical (unpaired) electrons. The minimum Gasteiger partial charge on any atom is -0.444 e. The Bertz CT molecular complexity index is 927. The third-order valence-electron chi connectivity index (χ3n) is 5.01. The summed E-state index contributed by atoms with van der Waals surface area (Å²) in [6.45, 7) is 9.36. The first kappa shape index (κ1) is 24.4. The van der Waals surface area contributed by atoms with Gasteiger partial charge in [0.15, 0.2) is 0 Å². The van der Waals surface area contributed by atoms with Crippen molar-refractivity contribution in [1.82, 2.24) is 10.6 Å². The molecule has 1 saturated carbocycles. The Hall–Kier alpha value is -1.88. The van der Waals surface area contributed by atoms with Gasteiger partial charge in [0, 0.05) is 17.5 Å². The molecule has 2 unspecified atom stereocenters. The summed E-state index contributed by atoms with van der Waals surface area (Å²) < 4.78 is 28.2. The zero-order chi connectivity index (χ0) is 22.9. The molecule has 0 heterocycles. The number of ether oxygens (including phenoxy) is 1. The number of primary sulfonamides is 1. The minimum absolute atomic E-state index is 0.00517. The second-order valence-corrected chi connectivity index (χ2v) is 10.9. The Morgan fingerprint density at radius 3 is 2.43 bits per heavy atom. The summed E-state index contributed by atoms with van der Waals surface area (Å²) in [6, 6.07) is 3.74. The van der Waals surface area contributed by atoms with Crippen LogP contribution in [0.3, 0.4) is 0 Å². The summed E-state index contributed by atoms with van der Waals surface area (Å²) in [5.41, 5.74) is -0.704. The second kappa shape index (κ2) is 8.70. The first-order chi connectivity index (χ1) is 13.6. The van der Waals surface area contributed by atoms with Crippen molar-refractivity contribution < 1.29 is 22.7 Å². The zero-order valence-corrected chi connectivity index (χ0v) is 19.3. The molecule has 0 saturated heterocycles. The lowest BCUT2D eigenvalue weighted by Crippen LogP contribution is -2.66. The molecule has 168 valence electrons. The number of alkyl carbamates (subject to hydrolysis) is 1. The van der Waals surface area contributed by atoms with Gasteiger partial charge in [-0.2, -0.15) is 0 Å². The van der Waals surface area contributed by atoms with E-state index in [-0.39, 0.29) is 45.6 Å². The molecule has 2 amide bonds. The van der Waals surface area contributed by atoms with Crippen molar-refractivity contribution in [2.45, 2.75) is 63.6 Å². The van der Waals surface area contributed by atoms with Crippen LogP contribution in [0.4, 0.5) is 10.5 Å². The van der Waals surface area contributed by atoms with E-state index in [1.165, 1.54) is 18.2 Å². The first-order valence-corrected chi connectivity index (χ1v) is 11.4. The Balaban J connectivity index is 1.88. The number of amides is 2. The number of benzene rings is 1. The normalized spacial score (nSPS) is 20.8. The van der Waals surface area contributed by atoms with Crippen LogP contribution in [0.25, 0.3) is 0 Å². The number of halogens is 1. The lowest BCUT2D eigenvalue weighted by Gasteiger charge is -2.52. The number of hydrogen-bond acceptors (Lipinski definition) is 6. The number of nitrogens with two attached hydrogens (primary N) is 1. The van der Waals surface area contributed by atoms with Crippen molar-refractivity contribution >= 4 is 39.3 Å². The topological polar surface area (TPSA) is 140 Å². The molecule has 2 atom stereocenters.